The summed E-state index contributed by atoms with van der Waals surface area (Å²) < 4.78 is 0. The van der Waals surface area contributed by atoms with Gasteiger partial charge in [0.2, 0.25) is 0 Å². The third-order valence-corrected chi connectivity index (χ3v) is 3.34. The van der Waals surface area contributed by atoms with E-state index in [-0.39, 0.29) is 0 Å². The normalized spacial score (nSPS) is 19.8. The van der Waals surface area contributed by atoms with Gasteiger partial charge in [0.05, 0.1) is 11.4 Å². The van der Waals surface area contributed by atoms with Crippen molar-refractivity contribution in [2.45, 2.75) is 33.6 Å². The summed E-state index contributed by atoms with van der Waals surface area (Å²) in [6.07, 6.45) is 2.55. The van der Waals surface area contributed by atoms with Crippen molar-refractivity contribution in [3.05, 3.63) is 17.8 Å². The Kier molecular flexibility index (Phi) is 2.78. The van der Waals surface area contributed by atoms with Crippen LogP contribution < -0.4 is 10.6 Å². The molecule has 1 aliphatic rings. The molecule has 1 fully saturated rings. The SMILES string of the molecule is Cc1nc(N2CCCC(C)(C)C2)ccc1N. The summed E-state index contributed by atoms with van der Waals surface area (Å²) in [5, 5.41) is 0. The fraction of sp³-hybridized carbons (Fsp3) is 0.615. The van der Waals surface area contributed by atoms with Gasteiger partial charge in [-0.25, -0.2) is 4.98 Å². The lowest BCUT2D eigenvalue weighted by Gasteiger charge is -2.38. The maximum atomic E-state index is 5.79. The quantitative estimate of drug-likeness (QED) is 0.789. The van der Waals surface area contributed by atoms with Crippen LogP contribution in [0.3, 0.4) is 0 Å². The molecular formula is C13H21N3. The predicted octanol–water partition coefficient (Wildman–Crippen LogP) is 2.60. The van der Waals surface area contributed by atoms with Gasteiger partial charge in [0.1, 0.15) is 5.82 Å². The van der Waals surface area contributed by atoms with E-state index in [1.165, 1.54) is 12.8 Å². The topological polar surface area (TPSA) is 42.2 Å². The Morgan fingerprint density at radius 3 is 2.75 bits per heavy atom. The second-order valence-corrected chi connectivity index (χ2v) is 5.53. The summed E-state index contributed by atoms with van der Waals surface area (Å²) >= 11 is 0. The Hall–Kier alpha value is -1.25. The van der Waals surface area contributed by atoms with Gasteiger partial charge in [-0.3, -0.25) is 0 Å². The minimum atomic E-state index is 0.398. The molecule has 3 heteroatoms. The molecule has 2 N–H and O–H groups in total. The van der Waals surface area contributed by atoms with E-state index >= 15 is 0 Å². The number of rotatable bonds is 1. The summed E-state index contributed by atoms with van der Waals surface area (Å²) in [5.74, 6) is 1.07. The number of nitrogens with two attached hydrogens (primary N) is 1. The number of nitrogens with zero attached hydrogens (tertiary/aromatic N) is 2. The second kappa shape index (κ2) is 3.96. The lowest BCUT2D eigenvalue weighted by molar-refractivity contribution is 0.292. The lowest BCUT2D eigenvalue weighted by atomic mass is 9.84. The van der Waals surface area contributed by atoms with Crippen LogP contribution in [0.15, 0.2) is 12.1 Å². The zero-order chi connectivity index (χ0) is 11.8. The van der Waals surface area contributed by atoms with E-state index in [0.29, 0.717) is 5.41 Å². The average Bonchev–Trinajstić information content (AvgIpc) is 2.20. The van der Waals surface area contributed by atoms with E-state index in [0.717, 1.165) is 30.3 Å². The third-order valence-electron chi connectivity index (χ3n) is 3.34. The van der Waals surface area contributed by atoms with Crippen LogP contribution in [0.4, 0.5) is 11.5 Å². The van der Waals surface area contributed by atoms with E-state index in [2.05, 4.69) is 23.7 Å². The highest BCUT2D eigenvalue weighted by Crippen LogP contribution is 2.31. The largest absolute Gasteiger partial charge is 0.397 e. The second-order valence-electron chi connectivity index (χ2n) is 5.53. The van der Waals surface area contributed by atoms with E-state index in [4.69, 9.17) is 5.73 Å². The van der Waals surface area contributed by atoms with Crippen molar-refractivity contribution < 1.29 is 0 Å². The van der Waals surface area contributed by atoms with Gasteiger partial charge in [0, 0.05) is 13.1 Å². The van der Waals surface area contributed by atoms with Gasteiger partial charge in [-0.15, -0.1) is 0 Å². The molecule has 3 nitrogen and oxygen atoms in total. The molecule has 1 saturated heterocycles. The molecule has 88 valence electrons. The number of hydrogen-bond donors (Lipinski definition) is 1. The van der Waals surface area contributed by atoms with Crippen molar-refractivity contribution in [1.82, 2.24) is 4.98 Å². The van der Waals surface area contributed by atoms with Crippen LogP contribution in [-0.4, -0.2) is 18.1 Å². The molecule has 0 amide bonds. The predicted molar refractivity (Wildman–Crippen MR) is 68.6 cm³/mol. The molecule has 0 atom stereocenters. The van der Waals surface area contributed by atoms with Crippen LogP contribution in [0.2, 0.25) is 0 Å². The first-order valence-corrected chi connectivity index (χ1v) is 5.96. The highest BCUT2D eigenvalue weighted by Gasteiger charge is 2.26. The van der Waals surface area contributed by atoms with Gasteiger partial charge in [0.25, 0.3) is 0 Å². The molecule has 1 aliphatic heterocycles. The Morgan fingerprint density at radius 1 is 1.38 bits per heavy atom. The van der Waals surface area contributed by atoms with Gasteiger partial charge in [-0.1, -0.05) is 13.8 Å². The number of piperidine rings is 1. The maximum Gasteiger partial charge on any atom is 0.128 e. The summed E-state index contributed by atoms with van der Waals surface area (Å²) in [7, 11) is 0. The molecular weight excluding hydrogens is 198 g/mol. The number of aromatic nitrogens is 1. The zero-order valence-electron chi connectivity index (χ0n) is 10.5. The van der Waals surface area contributed by atoms with Crippen LogP contribution in [0.5, 0.6) is 0 Å². The fourth-order valence-corrected chi connectivity index (χ4v) is 2.35. The third kappa shape index (κ3) is 2.29. The molecule has 1 aromatic rings. The first-order valence-electron chi connectivity index (χ1n) is 5.96. The summed E-state index contributed by atoms with van der Waals surface area (Å²) in [6, 6.07) is 3.99. The molecule has 16 heavy (non-hydrogen) atoms. The number of pyridine rings is 1. The van der Waals surface area contributed by atoms with Gasteiger partial charge in [-0.2, -0.15) is 0 Å². The fourth-order valence-electron chi connectivity index (χ4n) is 2.35. The lowest BCUT2D eigenvalue weighted by Crippen LogP contribution is -2.40. The molecule has 0 spiro atoms. The van der Waals surface area contributed by atoms with Crippen LogP contribution in [0.1, 0.15) is 32.4 Å². The number of nitrogen functional groups attached to an aromatic ring is 1. The minimum absolute atomic E-state index is 0.398. The molecule has 0 aliphatic carbocycles. The van der Waals surface area contributed by atoms with Crippen LogP contribution in [0, 0.1) is 12.3 Å². The first kappa shape index (κ1) is 11.2. The highest BCUT2D eigenvalue weighted by atomic mass is 15.2. The average molecular weight is 219 g/mol. The van der Waals surface area contributed by atoms with Crippen molar-refractivity contribution in [1.29, 1.82) is 0 Å². The number of anilines is 2. The van der Waals surface area contributed by atoms with Crippen molar-refractivity contribution in [2.75, 3.05) is 23.7 Å². The standard InChI is InChI=1S/C13H21N3/c1-10-11(14)5-6-12(15-10)16-8-4-7-13(2,3)9-16/h5-6H,4,7-9,14H2,1-3H3. The van der Waals surface area contributed by atoms with Crippen molar-refractivity contribution >= 4 is 11.5 Å². The van der Waals surface area contributed by atoms with Gasteiger partial charge in [-0.05, 0) is 37.3 Å². The zero-order valence-corrected chi connectivity index (χ0v) is 10.5. The van der Waals surface area contributed by atoms with Gasteiger partial charge in [0.15, 0.2) is 0 Å². The Labute approximate surface area is 97.7 Å². The van der Waals surface area contributed by atoms with Crippen LogP contribution in [-0.2, 0) is 0 Å². The first-order chi connectivity index (χ1) is 7.48. The van der Waals surface area contributed by atoms with E-state index in [1.807, 2.05) is 19.1 Å². The van der Waals surface area contributed by atoms with Crippen molar-refractivity contribution in [3.63, 3.8) is 0 Å². The van der Waals surface area contributed by atoms with Crippen LogP contribution >= 0.6 is 0 Å². The monoisotopic (exact) mass is 219 g/mol. The Balaban J connectivity index is 2.20. The molecule has 0 saturated carbocycles. The highest BCUT2D eigenvalue weighted by molar-refractivity contribution is 5.50. The van der Waals surface area contributed by atoms with E-state index in [1.54, 1.807) is 0 Å². The Morgan fingerprint density at radius 2 is 2.12 bits per heavy atom. The molecule has 0 unspecified atom stereocenters. The van der Waals surface area contributed by atoms with E-state index < -0.39 is 0 Å². The molecule has 0 bridgehead atoms. The van der Waals surface area contributed by atoms with Gasteiger partial charge >= 0.3 is 0 Å². The summed E-state index contributed by atoms with van der Waals surface area (Å²) in [5.41, 5.74) is 7.90. The molecule has 1 aromatic heterocycles. The summed E-state index contributed by atoms with van der Waals surface area (Å²) in [4.78, 5) is 6.93. The number of aryl methyl sites for hydroxylation is 1. The minimum Gasteiger partial charge on any atom is -0.397 e. The van der Waals surface area contributed by atoms with Crippen LogP contribution in [0.25, 0.3) is 0 Å². The van der Waals surface area contributed by atoms with Crippen molar-refractivity contribution in [2.24, 2.45) is 5.41 Å². The molecule has 2 heterocycles. The number of hydrogen-bond acceptors (Lipinski definition) is 3. The van der Waals surface area contributed by atoms with E-state index in [9.17, 15) is 0 Å². The maximum absolute atomic E-state index is 5.79. The smallest absolute Gasteiger partial charge is 0.128 e. The Bertz CT molecular complexity index is 385. The van der Waals surface area contributed by atoms with Crippen molar-refractivity contribution in [3.8, 4) is 0 Å². The molecule has 0 radical (unpaired) electrons. The molecule has 0 aromatic carbocycles. The van der Waals surface area contributed by atoms with Gasteiger partial charge < -0.3 is 10.6 Å². The summed E-state index contributed by atoms with van der Waals surface area (Å²) in [6.45, 7) is 8.81. The molecule has 2 rings (SSSR count).